The van der Waals surface area contributed by atoms with Crippen LogP contribution in [0.4, 0.5) is 0 Å². The molecule has 1 atom stereocenters. The van der Waals surface area contributed by atoms with Crippen molar-refractivity contribution in [2.45, 2.75) is 64.8 Å². The first kappa shape index (κ1) is 18.3. The lowest BCUT2D eigenvalue weighted by Gasteiger charge is -2.12. The lowest BCUT2D eigenvalue weighted by Crippen LogP contribution is -2.39. The van der Waals surface area contributed by atoms with Crippen molar-refractivity contribution in [3.05, 3.63) is 0 Å². The van der Waals surface area contributed by atoms with Gasteiger partial charge in [0.05, 0.1) is 0 Å². The van der Waals surface area contributed by atoms with Gasteiger partial charge in [-0.15, -0.1) is 0 Å². The molecule has 5 heteroatoms. The summed E-state index contributed by atoms with van der Waals surface area (Å²) in [7, 11) is 0. The number of amides is 1. The number of carboxylic acid groups (broad SMARTS) is 1. The zero-order chi connectivity index (χ0) is 14.5. The molecule has 0 aliphatic carbocycles. The maximum atomic E-state index is 10.9. The van der Waals surface area contributed by atoms with Gasteiger partial charge in [-0.3, -0.25) is 4.79 Å². The van der Waals surface area contributed by atoms with E-state index in [0.717, 1.165) is 11.5 Å². The fourth-order valence-electron chi connectivity index (χ4n) is 1.79. The van der Waals surface area contributed by atoms with Crippen LogP contribution in [0.15, 0.2) is 0 Å². The predicted molar refractivity (Wildman–Crippen MR) is 80.6 cm³/mol. The van der Waals surface area contributed by atoms with E-state index < -0.39 is 12.0 Å². The minimum absolute atomic E-state index is 0.284. The number of hydrogen-bond acceptors (Lipinski definition) is 3. The van der Waals surface area contributed by atoms with Crippen LogP contribution in [-0.2, 0) is 9.59 Å². The van der Waals surface area contributed by atoms with E-state index in [1.807, 2.05) is 0 Å². The van der Waals surface area contributed by atoms with Crippen LogP contribution in [0.25, 0.3) is 0 Å². The second kappa shape index (κ2) is 12.3. The monoisotopic (exact) mass is 289 g/mol. The molecule has 1 unspecified atom stereocenters. The third-order valence-corrected chi connectivity index (χ3v) is 3.97. The molecule has 0 heterocycles. The van der Waals surface area contributed by atoms with Crippen LogP contribution in [0.3, 0.4) is 0 Å². The lowest BCUT2D eigenvalue weighted by molar-refractivity contribution is -0.141. The van der Waals surface area contributed by atoms with E-state index in [4.69, 9.17) is 5.11 Å². The van der Waals surface area contributed by atoms with Crippen LogP contribution in [0, 0.1) is 0 Å². The highest BCUT2D eigenvalue weighted by Crippen LogP contribution is 2.11. The lowest BCUT2D eigenvalue weighted by atomic mass is 10.1. The fraction of sp³-hybridized carbons (Fsp3) is 0.857. The number of unbranched alkanes of at least 4 members (excludes halogenated alkanes) is 5. The van der Waals surface area contributed by atoms with Crippen molar-refractivity contribution in [3.63, 3.8) is 0 Å². The molecule has 0 bridgehead atoms. The second-order valence-corrected chi connectivity index (χ2v) is 5.98. The highest BCUT2D eigenvalue weighted by Gasteiger charge is 2.17. The number of aliphatic carboxylic acids is 1. The smallest absolute Gasteiger partial charge is 0.326 e. The number of carboxylic acids is 1. The van der Waals surface area contributed by atoms with Crippen LogP contribution in [0.2, 0.25) is 0 Å². The Morgan fingerprint density at radius 3 is 2.32 bits per heavy atom. The minimum atomic E-state index is -0.949. The molecule has 0 aromatic rings. The summed E-state index contributed by atoms with van der Waals surface area (Å²) in [6.45, 7) is 3.56. The number of thioether (sulfide) groups is 1. The Hall–Kier alpha value is -0.710. The van der Waals surface area contributed by atoms with Crippen molar-refractivity contribution in [1.29, 1.82) is 0 Å². The summed E-state index contributed by atoms with van der Waals surface area (Å²) in [6, 6.07) is -0.741. The largest absolute Gasteiger partial charge is 0.480 e. The Morgan fingerprint density at radius 1 is 1.11 bits per heavy atom. The van der Waals surface area contributed by atoms with E-state index in [9.17, 15) is 9.59 Å². The third kappa shape index (κ3) is 12.1. The highest BCUT2D eigenvalue weighted by atomic mass is 32.2. The molecule has 0 saturated heterocycles. The van der Waals surface area contributed by atoms with Gasteiger partial charge in [0.2, 0.25) is 5.91 Å². The molecular formula is C14H27NO3S. The molecule has 0 rings (SSSR count). The average molecular weight is 289 g/mol. The Balaban J connectivity index is 3.45. The standard InChI is InChI=1S/C14H27NO3S/c1-3-4-5-6-7-8-10-19-11-9-13(14(17)18)15-12(2)16/h13H,3-11H2,1-2H3,(H,15,16)(H,17,18). The van der Waals surface area contributed by atoms with E-state index in [1.165, 1.54) is 45.4 Å². The summed E-state index contributed by atoms with van der Waals surface area (Å²) >= 11 is 1.78. The van der Waals surface area contributed by atoms with Gasteiger partial charge in [0, 0.05) is 6.92 Å². The zero-order valence-electron chi connectivity index (χ0n) is 12.1. The van der Waals surface area contributed by atoms with Gasteiger partial charge in [0.1, 0.15) is 6.04 Å². The number of hydrogen-bond donors (Lipinski definition) is 2. The number of nitrogens with one attached hydrogen (secondary N) is 1. The number of carbonyl (C=O) groups excluding carboxylic acids is 1. The number of rotatable bonds is 12. The van der Waals surface area contributed by atoms with Gasteiger partial charge in [0.15, 0.2) is 0 Å². The van der Waals surface area contributed by atoms with Gasteiger partial charge in [0.25, 0.3) is 0 Å². The molecule has 0 aromatic heterocycles. The Bertz CT molecular complexity index is 259. The van der Waals surface area contributed by atoms with Gasteiger partial charge >= 0.3 is 5.97 Å². The van der Waals surface area contributed by atoms with Crippen molar-refractivity contribution in [2.75, 3.05) is 11.5 Å². The Kier molecular flexibility index (Phi) is 11.9. The Labute approximate surface area is 120 Å². The minimum Gasteiger partial charge on any atom is -0.480 e. The molecule has 0 aliphatic rings. The van der Waals surface area contributed by atoms with Crippen molar-refractivity contribution in [3.8, 4) is 0 Å². The topological polar surface area (TPSA) is 66.4 Å². The first-order chi connectivity index (χ1) is 9.07. The van der Waals surface area contributed by atoms with Gasteiger partial charge < -0.3 is 10.4 Å². The van der Waals surface area contributed by atoms with Crippen molar-refractivity contribution in [1.82, 2.24) is 5.32 Å². The van der Waals surface area contributed by atoms with Crippen molar-refractivity contribution >= 4 is 23.6 Å². The number of carbonyl (C=O) groups is 2. The first-order valence-corrected chi connectivity index (χ1v) is 8.31. The maximum absolute atomic E-state index is 10.9. The molecule has 112 valence electrons. The third-order valence-electron chi connectivity index (χ3n) is 2.87. The molecule has 4 nitrogen and oxygen atoms in total. The summed E-state index contributed by atoms with van der Waals surface area (Å²) in [6.07, 6.45) is 8.18. The summed E-state index contributed by atoms with van der Waals surface area (Å²) in [5, 5.41) is 11.4. The summed E-state index contributed by atoms with van der Waals surface area (Å²) < 4.78 is 0. The molecule has 0 radical (unpaired) electrons. The molecule has 0 saturated carbocycles. The molecule has 0 spiro atoms. The molecule has 0 aliphatic heterocycles. The molecule has 0 fully saturated rings. The molecular weight excluding hydrogens is 262 g/mol. The van der Waals surface area contributed by atoms with Crippen LogP contribution in [0.1, 0.15) is 58.8 Å². The van der Waals surface area contributed by atoms with Crippen LogP contribution in [-0.4, -0.2) is 34.5 Å². The highest BCUT2D eigenvalue weighted by molar-refractivity contribution is 7.99. The zero-order valence-corrected chi connectivity index (χ0v) is 12.9. The van der Waals surface area contributed by atoms with E-state index in [0.29, 0.717) is 6.42 Å². The van der Waals surface area contributed by atoms with Crippen LogP contribution < -0.4 is 5.32 Å². The quantitative estimate of drug-likeness (QED) is 0.542. The van der Waals surface area contributed by atoms with E-state index in [2.05, 4.69) is 12.2 Å². The molecule has 2 N–H and O–H groups in total. The van der Waals surface area contributed by atoms with Crippen molar-refractivity contribution in [2.24, 2.45) is 0 Å². The first-order valence-electron chi connectivity index (χ1n) is 7.15. The summed E-state index contributed by atoms with van der Waals surface area (Å²) in [4.78, 5) is 21.7. The predicted octanol–water partition coefficient (Wildman–Crippen LogP) is 3.06. The Morgan fingerprint density at radius 2 is 1.74 bits per heavy atom. The summed E-state index contributed by atoms with van der Waals surface area (Å²) in [5.74, 6) is 0.633. The van der Waals surface area contributed by atoms with Gasteiger partial charge in [-0.2, -0.15) is 11.8 Å². The second-order valence-electron chi connectivity index (χ2n) is 4.76. The van der Waals surface area contributed by atoms with Gasteiger partial charge in [-0.05, 0) is 24.3 Å². The SMILES string of the molecule is CCCCCCCCSCCC(NC(C)=O)C(=O)O. The summed E-state index contributed by atoms with van der Waals surface area (Å²) in [5.41, 5.74) is 0. The molecule has 19 heavy (non-hydrogen) atoms. The van der Waals surface area contributed by atoms with E-state index >= 15 is 0 Å². The van der Waals surface area contributed by atoms with Crippen LogP contribution >= 0.6 is 11.8 Å². The maximum Gasteiger partial charge on any atom is 0.326 e. The van der Waals surface area contributed by atoms with Crippen molar-refractivity contribution < 1.29 is 14.7 Å². The fourth-order valence-corrected chi connectivity index (χ4v) is 2.81. The van der Waals surface area contributed by atoms with Gasteiger partial charge in [-0.25, -0.2) is 4.79 Å². The van der Waals surface area contributed by atoms with E-state index in [-0.39, 0.29) is 5.91 Å². The van der Waals surface area contributed by atoms with Crippen LogP contribution in [0.5, 0.6) is 0 Å². The van der Waals surface area contributed by atoms with E-state index in [1.54, 1.807) is 11.8 Å². The molecule has 0 aromatic carbocycles. The normalized spacial score (nSPS) is 12.1. The van der Waals surface area contributed by atoms with Gasteiger partial charge in [-0.1, -0.05) is 39.0 Å². The average Bonchev–Trinajstić information content (AvgIpc) is 2.34. The molecule has 1 amide bonds.